The summed E-state index contributed by atoms with van der Waals surface area (Å²) >= 11 is 0. The van der Waals surface area contributed by atoms with Gasteiger partial charge in [0.1, 0.15) is 5.75 Å². The maximum Gasteiger partial charge on any atom is 0.275 e. The molecule has 30 heavy (non-hydrogen) atoms. The van der Waals surface area contributed by atoms with Crippen LogP contribution in [0.2, 0.25) is 0 Å². The first-order chi connectivity index (χ1) is 14.5. The fraction of sp³-hybridized carbons (Fsp3) is 0.0870. The van der Waals surface area contributed by atoms with E-state index in [1.54, 1.807) is 30.8 Å². The summed E-state index contributed by atoms with van der Waals surface area (Å²) in [7, 11) is 1.75. The molecule has 0 saturated carbocycles. The van der Waals surface area contributed by atoms with Gasteiger partial charge in [-0.05, 0) is 42.0 Å². The van der Waals surface area contributed by atoms with Gasteiger partial charge in [0.2, 0.25) is 0 Å². The van der Waals surface area contributed by atoms with Crippen molar-refractivity contribution in [2.75, 3.05) is 0 Å². The maximum atomic E-state index is 12.7. The largest absolute Gasteiger partial charge is 0.507 e. The Morgan fingerprint density at radius 1 is 1.03 bits per heavy atom. The van der Waals surface area contributed by atoms with Gasteiger partial charge in [-0.2, -0.15) is 5.10 Å². The van der Waals surface area contributed by atoms with Crippen molar-refractivity contribution in [2.45, 2.75) is 6.92 Å². The van der Waals surface area contributed by atoms with E-state index in [0.717, 1.165) is 16.5 Å². The standard InChI is InChI=1S/C23H20N4O3/c1-15-20(26(2)27(23(15)30)18-10-4-3-5-11-18)14-24-25-22(29)19-12-16-8-6-7-9-17(16)13-21(19)28/h3-14,28H,1-2H3,(H,25,29)/b24-14-. The van der Waals surface area contributed by atoms with Gasteiger partial charge in [-0.25, -0.2) is 10.1 Å². The van der Waals surface area contributed by atoms with Gasteiger partial charge < -0.3 is 5.11 Å². The van der Waals surface area contributed by atoms with Crippen LogP contribution in [0.3, 0.4) is 0 Å². The summed E-state index contributed by atoms with van der Waals surface area (Å²) in [6.07, 6.45) is 1.42. The second kappa shape index (κ2) is 7.71. The molecule has 0 radical (unpaired) electrons. The molecule has 0 aliphatic heterocycles. The molecular weight excluding hydrogens is 380 g/mol. The number of carbonyl (C=O) groups is 1. The molecule has 4 aromatic rings. The molecule has 7 heteroatoms. The Morgan fingerprint density at radius 2 is 1.67 bits per heavy atom. The summed E-state index contributed by atoms with van der Waals surface area (Å²) in [5, 5.41) is 15.9. The first-order valence-corrected chi connectivity index (χ1v) is 9.36. The van der Waals surface area contributed by atoms with Crippen molar-refractivity contribution in [1.29, 1.82) is 0 Å². The number of para-hydroxylation sites is 1. The Hall–Kier alpha value is -4.13. The fourth-order valence-corrected chi connectivity index (χ4v) is 3.42. The van der Waals surface area contributed by atoms with Gasteiger partial charge in [-0.3, -0.25) is 14.3 Å². The molecule has 0 atom stereocenters. The topological polar surface area (TPSA) is 88.6 Å². The quantitative estimate of drug-likeness (QED) is 0.408. The van der Waals surface area contributed by atoms with Crippen LogP contribution in [-0.4, -0.2) is 26.6 Å². The summed E-state index contributed by atoms with van der Waals surface area (Å²) < 4.78 is 3.21. The summed E-state index contributed by atoms with van der Waals surface area (Å²) in [5.74, 6) is -0.667. The predicted octanol–water partition coefficient (Wildman–Crippen LogP) is 3.11. The van der Waals surface area contributed by atoms with E-state index in [1.165, 1.54) is 10.9 Å². The van der Waals surface area contributed by atoms with E-state index in [1.807, 2.05) is 54.6 Å². The van der Waals surface area contributed by atoms with Gasteiger partial charge in [-0.1, -0.05) is 42.5 Å². The third-order valence-electron chi connectivity index (χ3n) is 5.01. The molecule has 2 N–H and O–H groups in total. The first-order valence-electron chi connectivity index (χ1n) is 9.36. The van der Waals surface area contributed by atoms with E-state index in [-0.39, 0.29) is 16.9 Å². The van der Waals surface area contributed by atoms with E-state index in [4.69, 9.17) is 0 Å². The Bertz CT molecular complexity index is 1330. The van der Waals surface area contributed by atoms with E-state index < -0.39 is 5.91 Å². The van der Waals surface area contributed by atoms with Crippen LogP contribution < -0.4 is 11.0 Å². The van der Waals surface area contributed by atoms with Crippen LogP contribution in [0.15, 0.2) is 76.6 Å². The van der Waals surface area contributed by atoms with Crippen LogP contribution in [0.25, 0.3) is 16.5 Å². The van der Waals surface area contributed by atoms with Crippen molar-refractivity contribution >= 4 is 22.9 Å². The average Bonchev–Trinajstić information content (AvgIpc) is 2.96. The minimum absolute atomic E-state index is 0.123. The van der Waals surface area contributed by atoms with E-state index in [9.17, 15) is 14.7 Å². The number of phenolic OH excluding ortho intramolecular Hbond substituents is 1. The Labute approximate surface area is 172 Å². The maximum absolute atomic E-state index is 12.7. The van der Waals surface area contributed by atoms with E-state index in [2.05, 4.69) is 10.5 Å². The third kappa shape index (κ3) is 3.37. The van der Waals surface area contributed by atoms with Crippen molar-refractivity contribution in [1.82, 2.24) is 14.8 Å². The van der Waals surface area contributed by atoms with Gasteiger partial charge in [0, 0.05) is 12.6 Å². The summed E-state index contributed by atoms with van der Waals surface area (Å²) in [6, 6.07) is 19.9. The molecule has 1 aromatic heterocycles. The van der Waals surface area contributed by atoms with Crippen LogP contribution in [-0.2, 0) is 7.05 Å². The molecule has 1 heterocycles. The number of amides is 1. The molecule has 1 amide bonds. The number of carbonyl (C=O) groups excluding carboxylic acids is 1. The predicted molar refractivity (Wildman–Crippen MR) is 116 cm³/mol. The number of benzene rings is 3. The summed E-state index contributed by atoms with van der Waals surface area (Å²) in [4.78, 5) is 25.2. The van der Waals surface area contributed by atoms with Gasteiger partial charge in [0.05, 0.1) is 23.2 Å². The smallest absolute Gasteiger partial charge is 0.275 e. The van der Waals surface area contributed by atoms with Crippen LogP contribution in [0.1, 0.15) is 21.6 Å². The molecule has 0 bridgehead atoms. The lowest BCUT2D eigenvalue weighted by Crippen LogP contribution is -2.20. The zero-order chi connectivity index (χ0) is 21.3. The van der Waals surface area contributed by atoms with Gasteiger partial charge in [0.25, 0.3) is 11.5 Å². The van der Waals surface area contributed by atoms with Crippen LogP contribution in [0, 0.1) is 6.92 Å². The van der Waals surface area contributed by atoms with Crippen molar-refractivity contribution in [2.24, 2.45) is 12.1 Å². The van der Waals surface area contributed by atoms with Crippen LogP contribution in [0.4, 0.5) is 0 Å². The highest BCUT2D eigenvalue weighted by atomic mass is 16.3. The van der Waals surface area contributed by atoms with Crippen molar-refractivity contribution in [3.05, 3.63) is 93.9 Å². The van der Waals surface area contributed by atoms with Crippen molar-refractivity contribution in [3.63, 3.8) is 0 Å². The number of hydrogen-bond acceptors (Lipinski definition) is 4. The number of nitrogens with zero attached hydrogens (tertiary/aromatic N) is 3. The lowest BCUT2D eigenvalue weighted by molar-refractivity contribution is 0.0952. The molecule has 0 aliphatic rings. The van der Waals surface area contributed by atoms with Crippen LogP contribution >= 0.6 is 0 Å². The molecule has 0 fully saturated rings. The first kappa shape index (κ1) is 19.2. The SMILES string of the molecule is Cc1c(/C=N\NC(=O)c2cc3ccccc3cc2O)n(C)n(-c2ccccc2)c1=O. The van der Waals surface area contributed by atoms with Gasteiger partial charge >= 0.3 is 0 Å². The molecule has 3 aromatic carbocycles. The fourth-order valence-electron chi connectivity index (χ4n) is 3.42. The number of hydrazone groups is 1. The lowest BCUT2D eigenvalue weighted by atomic mass is 10.1. The third-order valence-corrected chi connectivity index (χ3v) is 5.01. The monoisotopic (exact) mass is 400 g/mol. The zero-order valence-corrected chi connectivity index (χ0v) is 16.5. The minimum atomic E-state index is -0.542. The number of rotatable bonds is 4. The molecule has 0 spiro atoms. The average molecular weight is 400 g/mol. The zero-order valence-electron chi connectivity index (χ0n) is 16.5. The number of phenols is 1. The molecule has 7 nitrogen and oxygen atoms in total. The number of aromatic nitrogens is 2. The van der Waals surface area contributed by atoms with Crippen molar-refractivity contribution < 1.29 is 9.90 Å². The highest BCUT2D eigenvalue weighted by Crippen LogP contribution is 2.24. The second-order valence-electron chi connectivity index (χ2n) is 6.90. The van der Waals surface area contributed by atoms with E-state index in [0.29, 0.717) is 11.3 Å². The molecule has 0 unspecified atom stereocenters. The Balaban J connectivity index is 1.60. The molecule has 0 saturated heterocycles. The highest BCUT2D eigenvalue weighted by Gasteiger charge is 2.15. The molecule has 0 aliphatic carbocycles. The van der Waals surface area contributed by atoms with Crippen LogP contribution in [0.5, 0.6) is 5.75 Å². The Kier molecular flexibility index (Phi) is 4.93. The summed E-state index contributed by atoms with van der Waals surface area (Å²) in [5.41, 5.74) is 4.19. The van der Waals surface area contributed by atoms with Gasteiger partial charge in [-0.15, -0.1) is 0 Å². The summed E-state index contributed by atoms with van der Waals surface area (Å²) in [6.45, 7) is 1.71. The lowest BCUT2D eigenvalue weighted by Gasteiger charge is -2.08. The highest BCUT2D eigenvalue weighted by molar-refractivity contribution is 6.01. The normalized spacial score (nSPS) is 11.3. The van der Waals surface area contributed by atoms with Crippen molar-refractivity contribution in [3.8, 4) is 11.4 Å². The van der Waals surface area contributed by atoms with E-state index >= 15 is 0 Å². The second-order valence-corrected chi connectivity index (χ2v) is 6.90. The number of fused-ring (bicyclic) bond motifs is 1. The Morgan fingerprint density at radius 3 is 2.37 bits per heavy atom. The molecule has 4 rings (SSSR count). The molecule has 150 valence electrons. The number of aromatic hydroxyl groups is 1. The van der Waals surface area contributed by atoms with Gasteiger partial charge in [0.15, 0.2) is 0 Å². The minimum Gasteiger partial charge on any atom is -0.507 e. The molecular formula is C23H20N4O3. The number of hydrogen-bond donors (Lipinski definition) is 2. The number of nitrogens with one attached hydrogen (secondary N) is 1.